The van der Waals surface area contributed by atoms with E-state index in [1.54, 1.807) is 12.1 Å². The Morgan fingerprint density at radius 3 is 2.87 bits per heavy atom. The van der Waals surface area contributed by atoms with E-state index >= 15 is 0 Å². The Kier molecular flexibility index (Phi) is 4.93. The number of rotatable bonds is 6. The molecule has 1 aromatic rings. The molecule has 0 saturated heterocycles. The average molecular weight is 211 g/mol. The molecule has 84 valence electrons. The molecule has 4 heteroatoms. The van der Waals surface area contributed by atoms with Gasteiger partial charge in [-0.15, -0.1) is 0 Å². The first-order valence-electron chi connectivity index (χ1n) is 5.04. The minimum absolute atomic E-state index is 0.0543. The van der Waals surface area contributed by atoms with Crippen molar-refractivity contribution < 1.29 is 14.9 Å². The first kappa shape index (κ1) is 11.8. The molecular formula is C11H17NO3. The van der Waals surface area contributed by atoms with E-state index in [2.05, 4.69) is 5.32 Å². The molecule has 4 nitrogen and oxygen atoms in total. The molecule has 1 rings (SSSR count). The van der Waals surface area contributed by atoms with Crippen LogP contribution in [0.2, 0.25) is 0 Å². The third-order valence-corrected chi connectivity index (χ3v) is 2.04. The van der Waals surface area contributed by atoms with Gasteiger partial charge < -0.3 is 20.3 Å². The molecular weight excluding hydrogens is 194 g/mol. The van der Waals surface area contributed by atoms with Crippen molar-refractivity contribution in [2.45, 2.75) is 13.5 Å². The zero-order valence-electron chi connectivity index (χ0n) is 8.86. The molecule has 1 aromatic carbocycles. The topological polar surface area (TPSA) is 61.7 Å². The van der Waals surface area contributed by atoms with Crippen molar-refractivity contribution in [3.05, 3.63) is 23.8 Å². The van der Waals surface area contributed by atoms with Gasteiger partial charge in [-0.25, -0.2) is 0 Å². The number of benzene rings is 1. The highest BCUT2D eigenvalue weighted by Gasteiger charge is 2.04. The van der Waals surface area contributed by atoms with Crippen LogP contribution in [-0.2, 0) is 11.3 Å². The van der Waals surface area contributed by atoms with Gasteiger partial charge in [0.1, 0.15) is 0 Å². The maximum atomic E-state index is 9.48. The quantitative estimate of drug-likeness (QED) is 0.489. The van der Waals surface area contributed by atoms with E-state index in [4.69, 9.17) is 4.74 Å². The monoisotopic (exact) mass is 211 g/mol. The lowest BCUT2D eigenvalue weighted by atomic mass is 10.2. The Labute approximate surface area is 89.5 Å². The Bertz CT molecular complexity index is 302. The van der Waals surface area contributed by atoms with E-state index in [1.807, 2.05) is 6.92 Å². The summed E-state index contributed by atoms with van der Waals surface area (Å²) in [4.78, 5) is 0. The largest absolute Gasteiger partial charge is 0.504 e. The van der Waals surface area contributed by atoms with Gasteiger partial charge in [0.25, 0.3) is 0 Å². The molecule has 0 unspecified atom stereocenters. The SMILES string of the molecule is CCOCCNCc1cccc(O)c1O. The number of para-hydroxylation sites is 1. The summed E-state index contributed by atoms with van der Waals surface area (Å²) < 4.78 is 5.15. The summed E-state index contributed by atoms with van der Waals surface area (Å²) in [7, 11) is 0. The summed E-state index contributed by atoms with van der Waals surface area (Å²) in [5, 5.41) is 21.8. The van der Waals surface area contributed by atoms with Crippen LogP contribution in [-0.4, -0.2) is 30.0 Å². The standard InChI is InChI=1S/C11H17NO3/c1-2-15-7-6-12-8-9-4-3-5-10(13)11(9)14/h3-5,12-14H,2,6-8H2,1H3. The van der Waals surface area contributed by atoms with Crippen LogP contribution in [0.15, 0.2) is 18.2 Å². The summed E-state index contributed by atoms with van der Waals surface area (Å²) in [6.45, 7) is 4.55. The zero-order chi connectivity index (χ0) is 11.1. The lowest BCUT2D eigenvalue weighted by Gasteiger charge is -2.07. The van der Waals surface area contributed by atoms with Crippen molar-refractivity contribution in [2.75, 3.05) is 19.8 Å². The normalized spacial score (nSPS) is 10.5. The molecule has 0 saturated carbocycles. The van der Waals surface area contributed by atoms with Gasteiger partial charge in [0.05, 0.1) is 6.61 Å². The first-order chi connectivity index (χ1) is 7.25. The van der Waals surface area contributed by atoms with Crippen molar-refractivity contribution in [1.29, 1.82) is 0 Å². The predicted molar refractivity (Wildman–Crippen MR) is 58.0 cm³/mol. The summed E-state index contributed by atoms with van der Waals surface area (Å²) >= 11 is 0. The van der Waals surface area contributed by atoms with E-state index < -0.39 is 0 Å². The third kappa shape index (κ3) is 3.77. The Morgan fingerprint density at radius 2 is 2.13 bits per heavy atom. The lowest BCUT2D eigenvalue weighted by molar-refractivity contribution is 0.149. The van der Waals surface area contributed by atoms with Crippen molar-refractivity contribution in [3.63, 3.8) is 0 Å². The molecule has 15 heavy (non-hydrogen) atoms. The summed E-state index contributed by atoms with van der Waals surface area (Å²) in [5.41, 5.74) is 0.687. The van der Waals surface area contributed by atoms with E-state index in [0.29, 0.717) is 25.3 Å². The van der Waals surface area contributed by atoms with Crippen LogP contribution in [0.4, 0.5) is 0 Å². The van der Waals surface area contributed by atoms with E-state index in [9.17, 15) is 10.2 Å². The first-order valence-corrected chi connectivity index (χ1v) is 5.04. The zero-order valence-corrected chi connectivity index (χ0v) is 8.86. The van der Waals surface area contributed by atoms with Gasteiger partial charge in [0.2, 0.25) is 0 Å². The third-order valence-electron chi connectivity index (χ3n) is 2.04. The van der Waals surface area contributed by atoms with Gasteiger partial charge in [-0.2, -0.15) is 0 Å². The molecule has 0 fully saturated rings. The smallest absolute Gasteiger partial charge is 0.161 e. The highest BCUT2D eigenvalue weighted by molar-refractivity contribution is 5.44. The molecule has 0 aliphatic carbocycles. The molecule has 0 aliphatic rings. The number of phenols is 2. The highest BCUT2D eigenvalue weighted by atomic mass is 16.5. The second-order valence-electron chi connectivity index (χ2n) is 3.16. The number of hydrogen-bond acceptors (Lipinski definition) is 4. The van der Waals surface area contributed by atoms with Crippen molar-refractivity contribution in [1.82, 2.24) is 5.32 Å². The van der Waals surface area contributed by atoms with Crippen molar-refractivity contribution in [3.8, 4) is 11.5 Å². The summed E-state index contributed by atoms with van der Waals surface area (Å²) in [6.07, 6.45) is 0. The van der Waals surface area contributed by atoms with Crippen LogP contribution in [0.5, 0.6) is 11.5 Å². The number of phenolic OH excluding ortho intramolecular Hbond substituents is 2. The van der Waals surface area contributed by atoms with E-state index in [1.165, 1.54) is 6.07 Å². The van der Waals surface area contributed by atoms with Crippen molar-refractivity contribution in [2.24, 2.45) is 0 Å². The fraction of sp³-hybridized carbons (Fsp3) is 0.455. The minimum Gasteiger partial charge on any atom is -0.504 e. The average Bonchev–Trinajstić information content (AvgIpc) is 2.24. The predicted octanol–water partition coefficient (Wildman–Crippen LogP) is 1.22. The minimum atomic E-state index is -0.0842. The van der Waals surface area contributed by atoms with Gasteiger partial charge in [-0.05, 0) is 13.0 Å². The molecule has 0 atom stereocenters. The number of aromatic hydroxyl groups is 2. The van der Waals surface area contributed by atoms with Gasteiger partial charge in [-0.1, -0.05) is 12.1 Å². The Morgan fingerprint density at radius 1 is 1.33 bits per heavy atom. The van der Waals surface area contributed by atoms with Gasteiger partial charge in [0, 0.05) is 25.3 Å². The molecule has 0 amide bonds. The van der Waals surface area contributed by atoms with Crippen LogP contribution in [0.3, 0.4) is 0 Å². The van der Waals surface area contributed by atoms with Gasteiger partial charge >= 0.3 is 0 Å². The number of nitrogens with one attached hydrogen (secondary N) is 1. The molecule has 0 heterocycles. The van der Waals surface area contributed by atoms with Crippen LogP contribution >= 0.6 is 0 Å². The van der Waals surface area contributed by atoms with E-state index in [0.717, 1.165) is 6.54 Å². The second kappa shape index (κ2) is 6.27. The molecule has 0 aliphatic heterocycles. The maximum Gasteiger partial charge on any atom is 0.161 e. The lowest BCUT2D eigenvalue weighted by Crippen LogP contribution is -2.19. The van der Waals surface area contributed by atoms with Crippen LogP contribution in [0.25, 0.3) is 0 Å². The molecule has 3 N–H and O–H groups in total. The highest BCUT2D eigenvalue weighted by Crippen LogP contribution is 2.27. The van der Waals surface area contributed by atoms with E-state index in [-0.39, 0.29) is 11.5 Å². The Balaban J connectivity index is 2.34. The van der Waals surface area contributed by atoms with Crippen LogP contribution in [0, 0.1) is 0 Å². The molecule has 0 bridgehead atoms. The van der Waals surface area contributed by atoms with Gasteiger partial charge in [-0.3, -0.25) is 0 Å². The number of hydrogen-bond donors (Lipinski definition) is 3. The maximum absolute atomic E-state index is 9.48. The summed E-state index contributed by atoms with van der Waals surface area (Å²) in [6, 6.07) is 4.93. The molecule has 0 radical (unpaired) electrons. The summed E-state index contributed by atoms with van der Waals surface area (Å²) in [5.74, 6) is -0.138. The van der Waals surface area contributed by atoms with Gasteiger partial charge in [0.15, 0.2) is 11.5 Å². The Hall–Kier alpha value is -1.26. The fourth-order valence-electron chi connectivity index (χ4n) is 1.23. The van der Waals surface area contributed by atoms with Crippen molar-refractivity contribution >= 4 is 0 Å². The van der Waals surface area contributed by atoms with Crippen LogP contribution < -0.4 is 5.32 Å². The fourth-order valence-corrected chi connectivity index (χ4v) is 1.23. The van der Waals surface area contributed by atoms with Crippen LogP contribution in [0.1, 0.15) is 12.5 Å². The molecule has 0 aromatic heterocycles. The molecule has 0 spiro atoms. The number of ether oxygens (including phenoxy) is 1. The second-order valence-corrected chi connectivity index (χ2v) is 3.16.